The SMILES string of the molecule is CC(=O)N(Cc1ccccn1)C(C#N)c1ccc(C2=NOC(C)(c3cc(Cl)cc(Cl)c3)C2)cc1. The van der Waals surface area contributed by atoms with Crippen LogP contribution < -0.4 is 0 Å². The molecule has 1 aliphatic rings. The zero-order valence-electron chi connectivity index (χ0n) is 18.7. The van der Waals surface area contributed by atoms with Crippen molar-refractivity contribution in [1.82, 2.24) is 9.88 Å². The van der Waals surface area contributed by atoms with Gasteiger partial charge < -0.3 is 9.74 Å². The van der Waals surface area contributed by atoms with E-state index in [2.05, 4.69) is 16.2 Å². The van der Waals surface area contributed by atoms with E-state index in [0.29, 0.717) is 27.7 Å². The van der Waals surface area contributed by atoms with Crippen molar-refractivity contribution >= 4 is 34.8 Å². The van der Waals surface area contributed by atoms with Crippen LogP contribution in [0.15, 0.2) is 72.0 Å². The number of amides is 1. The Morgan fingerprint density at radius 1 is 1.18 bits per heavy atom. The number of oxime groups is 1. The maximum Gasteiger partial charge on any atom is 0.221 e. The van der Waals surface area contributed by atoms with Gasteiger partial charge in [-0.15, -0.1) is 0 Å². The summed E-state index contributed by atoms with van der Waals surface area (Å²) < 4.78 is 0. The van der Waals surface area contributed by atoms with Crippen LogP contribution in [0, 0.1) is 11.3 Å². The predicted octanol–water partition coefficient (Wildman–Crippen LogP) is 6.04. The van der Waals surface area contributed by atoms with Crippen LogP contribution in [0.3, 0.4) is 0 Å². The highest BCUT2D eigenvalue weighted by Crippen LogP contribution is 2.38. The van der Waals surface area contributed by atoms with Crippen LogP contribution in [0.25, 0.3) is 0 Å². The molecule has 4 rings (SSSR count). The molecule has 8 heteroatoms. The number of pyridine rings is 1. The van der Waals surface area contributed by atoms with E-state index in [9.17, 15) is 10.1 Å². The first-order chi connectivity index (χ1) is 16.3. The average molecular weight is 493 g/mol. The fourth-order valence-electron chi connectivity index (χ4n) is 3.94. The number of carbonyl (C=O) groups is 1. The molecule has 3 aromatic rings. The number of nitriles is 1. The number of benzene rings is 2. The highest BCUT2D eigenvalue weighted by molar-refractivity contribution is 6.34. The van der Waals surface area contributed by atoms with E-state index < -0.39 is 11.6 Å². The summed E-state index contributed by atoms with van der Waals surface area (Å²) in [4.78, 5) is 23.9. The second-order valence-electron chi connectivity index (χ2n) is 8.32. The minimum atomic E-state index is -0.741. The number of carbonyl (C=O) groups excluding carboxylic acids is 1. The topological polar surface area (TPSA) is 78.6 Å². The lowest BCUT2D eigenvalue weighted by atomic mass is 9.89. The Kier molecular flexibility index (Phi) is 6.87. The lowest BCUT2D eigenvalue weighted by molar-refractivity contribution is -0.131. The van der Waals surface area contributed by atoms with Gasteiger partial charge in [-0.3, -0.25) is 9.78 Å². The molecular weight excluding hydrogens is 471 g/mol. The number of hydrogen-bond acceptors (Lipinski definition) is 5. The third kappa shape index (κ3) is 5.06. The number of rotatable bonds is 6. The van der Waals surface area contributed by atoms with Crippen molar-refractivity contribution in [2.45, 2.75) is 38.5 Å². The lowest BCUT2D eigenvalue weighted by Crippen LogP contribution is -2.32. The molecule has 2 unspecified atom stereocenters. The standard InChI is InChI=1S/C26H22Cl2N4O2/c1-17(33)32(16-23-5-3-4-10-30-23)25(15-29)19-8-6-18(7-9-19)24-14-26(2,34-31-24)20-11-21(27)13-22(28)12-20/h3-13,25H,14,16H2,1-2H3. The summed E-state index contributed by atoms with van der Waals surface area (Å²) >= 11 is 12.3. The Hall–Kier alpha value is -3.40. The van der Waals surface area contributed by atoms with E-state index in [1.165, 1.54) is 11.8 Å². The van der Waals surface area contributed by atoms with Gasteiger partial charge >= 0.3 is 0 Å². The number of halogens is 2. The van der Waals surface area contributed by atoms with Gasteiger partial charge in [0.15, 0.2) is 5.60 Å². The summed E-state index contributed by atoms with van der Waals surface area (Å²) in [6.45, 7) is 3.64. The Balaban J connectivity index is 1.53. The van der Waals surface area contributed by atoms with E-state index in [-0.39, 0.29) is 12.5 Å². The molecule has 1 amide bonds. The predicted molar refractivity (Wildman–Crippen MR) is 131 cm³/mol. The first-order valence-electron chi connectivity index (χ1n) is 10.7. The zero-order chi connectivity index (χ0) is 24.3. The van der Waals surface area contributed by atoms with Crippen molar-refractivity contribution in [2.24, 2.45) is 5.16 Å². The molecule has 34 heavy (non-hydrogen) atoms. The molecule has 0 spiro atoms. The number of nitrogens with zero attached hydrogens (tertiary/aromatic N) is 4. The van der Waals surface area contributed by atoms with Gasteiger partial charge in [0.05, 0.1) is 24.0 Å². The molecule has 1 aromatic heterocycles. The summed E-state index contributed by atoms with van der Waals surface area (Å²) in [5.74, 6) is -0.203. The molecule has 2 atom stereocenters. The van der Waals surface area contributed by atoms with Crippen LogP contribution in [-0.2, 0) is 21.8 Å². The monoisotopic (exact) mass is 492 g/mol. The van der Waals surface area contributed by atoms with Crippen molar-refractivity contribution in [3.63, 3.8) is 0 Å². The zero-order valence-corrected chi connectivity index (χ0v) is 20.2. The van der Waals surface area contributed by atoms with E-state index in [1.54, 1.807) is 12.3 Å². The fraction of sp³-hybridized carbons (Fsp3) is 0.231. The van der Waals surface area contributed by atoms with Gasteiger partial charge in [-0.05, 0) is 48.4 Å². The van der Waals surface area contributed by atoms with Gasteiger partial charge in [-0.2, -0.15) is 5.26 Å². The summed E-state index contributed by atoms with van der Waals surface area (Å²) in [7, 11) is 0. The summed E-state index contributed by atoms with van der Waals surface area (Å²) in [6.07, 6.45) is 2.20. The molecule has 0 fully saturated rings. The van der Waals surface area contributed by atoms with Gasteiger partial charge in [0, 0.05) is 35.2 Å². The second-order valence-corrected chi connectivity index (χ2v) is 9.19. The molecule has 1 aliphatic heterocycles. The van der Waals surface area contributed by atoms with Gasteiger partial charge in [-0.1, -0.05) is 58.7 Å². The van der Waals surface area contributed by atoms with Crippen molar-refractivity contribution in [3.05, 3.63) is 99.3 Å². The molecule has 0 radical (unpaired) electrons. The van der Waals surface area contributed by atoms with E-state index in [0.717, 1.165) is 16.8 Å². The number of hydrogen-bond donors (Lipinski definition) is 0. The van der Waals surface area contributed by atoms with Gasteiger partial charge in [-0.25, -0.2) is 0 Å². The Labute approximate surface area is 208 Å². The highest BCUT2D eigenvalue weighted by Gasteiger charge is 2.37. The summed E-state index contributed by atoms with van der Waals surface area (Å²) in [5.41, 5.74) is 3.23. The van der Waals surface area contributed by atoms with Crippen molar-refractivity contribution in [3.8, 4) is 6.07 Å². The largest absolute Gasteiger partial charge is 0.384 e. The Morgan fingerprint density at radius 3 is 2.47 bits per heavy atom. The molecule has 2 aromatic carbocycles. The van der Waals surface area contributed by atoms with Gasteiger partial charge in [0.2, 0.25) is 5.91 Å². The van der Waals surface area contributed by atoms with Gasteiger partial charge in [0.1, 0.15) is 6.04 Å². The molecule has 0 aliphatic carbocycles. The number of aromatic nitrogens is 1. The average Bonchev–Trinajstić information content (AvgIpc) is 3.23. The molecule has 0 saturated carbocycles. The van der Waals surface area contributed by atoms with Crippen LogP contribution in [0.5, 0.6) is 0 Å². The van der Waals surface area contributed by atoms with Crippen molar-refractivity contribution < 1.29 is 9.63 Å². The van der Waals surface area contributed by atoms with Gasteiger partial charge in [0.25, 0.3) is 0 Å². The smallest absolute Gasteiger partial charge is 0.221 e. The first kappa shape index (κ1) is 23.7. The second kappa shape index (κ2) is 9.84. The first-order valence-corrected chi connectivity index (χ1v) is 11.4. The normalized spacial score (nSPS) is 17.9. The Bertz CT molecular complexity index is 1250. The Morgan fingerprint density at radius 2 is 1.88 bits per heavy atom. The van der Waals surface area contributed by atoms with E-state index in [4.69, 9.17) is 28.0 Å². The van der Waals surface area contributed by atoms with E-state index >= 15 is 0 Å². The lowest BCUT2D eigenvalue weighted by Gasteiger charge is -2.26. The van der Waals surface area contributed by atoms with Crippen LogP contribution in [0.2, 0.25) is 10.0 Å². The molecule has 2 heterocycles. The third-order valence-electron chi connectivity index (χ3n) is 5.79. The van der Waals surface area contributed by atoms with Crippen LogP contribution in [0.4, 0.5) is 0 Å². The summed E-state index contributed by atoms with van der Waals surface area (Å²) in [5, 5.41) is 15.2. The molecule has 172 valence electrons. The maximum atomic E-state index is 12.3. The van der Waals surface area contributed by atoms with Crippen molar-refractivity contribution in [1.29, 1.82) is 5.26 Å². The molecule has 6 nitrogen and oxygen atoms in total. The van der Waals surface area contributed by atoms with Crippen molar-refractivity contribution in [2.75, 3.05) is 0 Å². The molecule has 0 N–H and O–H groups in total. The third-order valence-corrected chi connectivity index (χ3v) is 6.23. The van der Waals surface area contributed by atoms with Crippen LogP contribution >= 0.6 is 23.2 Å². The summed E-state index contributed by atoms with van der Waals surface area (Å²) in [6, 6.07) is 19.8. The molecule has 0 bridgehead atoms. The maximum absolute atomic E-state index is 12.3. The van der Waals surface area contributed by atoms with Crippen LogP contribution in [-0.4, -0.2) is 21.5 Å². The minimum absolute atomic E-state index is 0.203. The fourth-order valence-corrected chi connectivity index (χ4v) is 4.47. The molecule has 0 saturated heterocycles. The minimum Gasteiger partial charge on any atom is -0.384 e. The van der Waals surface area contributed by atoms with Crippen LogP contribution in [0.1, 0.15) is 48.7 Å². The van der Waals surface area contributed by atoms with E-state index in [1.807, 2.05) is 61.5 Å². The molecular formula is C26H22Cl2N4O2. The highest BCUT2D eigenvalue weighted by atomic mass is 35.5. The quantitative estimate of drug-likeness (QED) is 0.419.